The van der Waals surface area contributed by atoms with Crippen LogP contribution >= 0.6 is 0 Å². The lowest BCUT2D eigenvalue weighted by atomic mass is 10.1. The molecule has 0 amide bonds. The molecule has 154 valence electrons. The Bertz CT molecular complexity index is 1070. The molecule has 3 aromatic heterocycles. The van der Waals surface area contributed by atoms with Crippen LogP contribution in [0.1, 0.15) is 43.7 Å². The zero-order valence-corrected chi connectivity index (χ0v) is 17.0. The minimum atomic E-state index is -0.0217. The molecule has 0 unspecified atom stereocenters. The van der Waals surface area contributed by atoms with Crippen LogP contribution in [0.15, 0.2) is 47.7 Å². The minimum absolute atomic E-state index is 0.0217. The van der Waals surface area contributed by atoms with Gasteiger partial charge in [-0.05, 0) is 56.4 Å². The molecule has 8 nitrogen and oxygen atoms in total. The van der Waals surface area contributed by atoms with E-state index in [2.05, 4.69) is 30.8 Å². The Morgan fingerprint density at radius 3 is 2.50 bits per heavy atom. The van der Waals surface area contributed by atoms with Crippen molar-refractivity contribution in [3.63, 3.8) is 0 Å². The maximum Gasteiger partial charge on any atom is 0.258 e. The average molecular weight is 403 g/mol. The fraction of sp³-hybridized carbons (Fsp3) is 0.409. The summed E-state index contributed by atoms with van der Waals surface area (Å²) in [5.41, 5.74) is 2.47. The Morgan fingerprint density at radius 2 is 1.80 bits per heavy atom. The van der Waals surface area contributed by atoms with Crippen LogP contribution in [-0.4, -0.2) is 36.8 Å². The van der Waals surface area contributed by atoms with Crippen LogP contribution in [0.5, 0.6) is 0 Å². The summed E-state index contributed by atoms with van der Waals surface area (Å²) in [5.74, 6) is 2.00. The van der Waals surface area contributed by atoms with Crippen LogP contribution in [0.3, 0.4) is 0 Å². The summed E-state index contributed by atoms with van der Waals surface area (Å²) >= 11 is 0. The highest BCUT2D eigenvalue weighted by Crippen LogP contribution is 2.38. The van der Waals surface area contributed by atoms with E-state index in [4.69, 9.17) is 0 Å². The van der Waals surface area contributed by atoms with Crippen molar-refractivity contribution in [2.75, 3.05) is 10.6 Å². The van der Waals surface area contributed by atoms with Gasteiger partial charge in [0.25, 0.3) is 5.56 Å². The van der Waals surface area contributed by atoms with Crippen LogP contribution in [0.4, 0.5) is 11.8 Å². The zero-order chi connectivity index (χ0) is 20.5. The first-order valence-electron chi connectivity index (χ1n) is 10.5. The summed E-state index contributed by atoms with van der Waals surface area (Å²) in [4.78, 5) is 21.2. The minimum Gasteiger partial charge on any atom is -0.367 e. The Hall–Kier alpha value is -3.29. The highest BCUT2D eigenvalue weighted by Gasteiger charge is 2.27. The van der Waals surface area contributed by atoms with Gasteiger partial charge in [0.05, 0.1) is 11.9 Å². The molecule has 2 N–H and O–H groups in total. The van der Waals surface area contributed by atoms with E-state index in [1.165, 1.54) is 12.8 Å². The molecule has 0 aromatic carbocycles. The fourth-order valence-electron chi connectivity index (χ4n) is 4.01. The van der Waals surface area contributed by atoms with E-state index in [9.17, 15) is 4.79 Å². The maximum atomic E-state index is 12.3. The normalized spacial score (nSPS) is 20.8. The lowest BCUT2D eigenvalue weighted by molar-refractivity contribution is 0.711. The molecule has 0 aliphatic heterocycles. The molecule has 3 heterocycles. The second kappa shape index (κ2) is 7.85. The number of nitrogens with zero attached hydrogens (tertiary/aromatic N) is 5. The third-order valence-electron chi connectivity index (χ3n) is 5.89. The van der Waals surface area contributed by atoms with Gasteiger partial charge >= 0.3 is 0 Å². The molecule has 0 spiro atoms. The molecule has 2 saturated carbocycles. The summed E-state index contributed by atoms with van der Waals surface area (Å²) in [5, 5.41) is 15.4. The van der Waals surface area contributed by atoms with Gasteiger partial charge in [-0.3, -0.25) is 4.79 Å². The molecule has 2 aliphatic rings. The highest BCUT2D eigenvalue weighted by atomic mass is 16.1. The van der Waals surface area contributed by atoms with Crippen molar-refractivity contribution in [2.45, 2.75) is 50.1 Å². The van der Waals surface area contributed by atoms with Crippen LogP contribution in [-0.2, 0) is 7.05 Å². The molecular weight excluding hydrogens is 378 g/mol. The maximum absolute atomic E-state index is 12.3. The quantitative estimate of drug-likeness (QED) is 0.653. The van der Waals surface area contributed by atoms with E-state index in [1.807, 2.05) is 30.5 Å². The number of hydrogen-bond acceptors (Lipinski definition) is 7. The molecule has 30 heavy (non-hydrogen) atoms. The zero-order valence-electron chi connectivity index (χ0n) is 17.0. The number of rotatable bonds is 6. The first-order chi connectivity index (χ1) is 14.7. The Labute approximate surface area is 174 Å². The largest absolute Gasteiger partial charge is 0.367 e. The Kier molecular flexibility index (Phi) is 4.90. The molecule has 3 aromatic rings. The van der Waals surface area contributed by atoms with Crippen molar-refractivity contribution in [3.05, 3.63) is 58.9 Å². The molecule has 5 rings (SSSR count). The van der Waals surface area contributed by atoms with Gasteiger partial charge in [0.2, 0.25) is 5.95 Å². The first kappa shape index (κ1) is 18.7. The number of pyridine rings is 2. The van der Waals surface area contributed by atoms with E-state index < -0.39 is 0 Å². The SMILES string of the molecule is Cn1cccc(-c2ccc(N[C@H]3CC[C@H](Nc4ncc(C5CC5)nn4)C3)nc2)c1=O. The van der Waals surface area contributed by atoms with Gasteiger partial charge in [0.15, 0.2) is 0 Å². The highest BCUT2D eigenvalue weighted by molar-refractivity contribution is 5.62. The van der Waals surface area contributed by atoms with Gasteiger partial charge in [-0.1, -0.05) is 0 Å². The van der Waals surface area contributed by atoms with E-state index in [0.29, 0.717) is 29.5 Å². The molecule has 2 aliphatic carbocycles. The number of nitrogens with one attached hydrogen (secondary N) is 2. The summed E-state index contributed by atoms with van der Waals surface area (Å²) in [6, 6.07) is 8.23. The lowest BCUT2D eigenvalue weighted by Crippen LogP contribution is -2.22. The third kappa shape index (κ3) is 4.03. The molecule has 2 atom stereocenters. The monoisotopic (exact) mass is 403 g/mol. The standard InChI is InChI=1S/C22H25N7O/c1-29-10-2-3-18(21(29)30)15-6-9-20(23-12-15)25-16-7-8-17(11-16)26-22-24-13-19(27-28-22)14-4-5-14/h2-3,6,9-10,12-14,16-17H,4-5,7-8,11H2,1H3,(H,23,25)(H,24,26,28)/t16-,17-/m0/s1. The second-order valence-electron chi connectivity index (χ2n) is 8.25. The van der Waals surface area contributed by atoms with Gasteiger partial charge in [-0.25, -0.2) is 9.97 Å². The number of aryl methyl sites for hydroxylation is 1. The second-order valence-corrected chi connectivity index (χ2v) is 8.25. The molecule has 0 bridgehead atoms. The molecule has 0 saturated heterocycles. The van der Waals surface area contributed by atoms with Gasteiger partial charge in [0, 0.05) is 48.6 Å². The molecule has 8 heteroatoms. The summed E-state index contributed by atoms with van der Waals surface area (Å²) in [6.45, 7) is 0. The van der Waals surface area contributed by atoms with Crippen molar-refractivity contribution in [1.82, 2.24) is 24.7 Å². The van der Waals surface area contributed by atoms with Crippen molar-refractivity contribution < 1.29 is 0 Å². The number of aromatic nitrogens is 5. The van der Waals surface area contributed by atoms with Crippen LogP contribution in [0, 0.1) is 0 Å². The van der Waals surface area contributed by atoms with Gasteiger partial charge in [0.1, 0.15) is 5.82 Å². The predicted octanol–water partition coefficient (Wildman–Crippen LogP) is 2.95. The van der Waals surface area contributed by atoms with Gasteiger partial charge in [-0.2, -0.15) is 0 Å². The van der Waals surface area contributed by atoms with Gasteiger partial charge < -0.3 is 15.2 Å². The average Bonchev–Trinajstić information content (AvgIpc) is 3.52. The van der Waals surface area contributed by atoms with Crippen molar-refractivity contribution >= 4 is 11.8 Å². The number of hydrogen-bond donors (Lipinski definition) is 2. The molecule has 0 radical (unpaired) electrons. The van der Waals surface area contributed by atoms with Crippen LogP contribution < -0.4 is 16.2 Å². The van der Waals surface area contributed by atoms with Crippen molar-refractivity contribution in [1.29, 1.82) is 0 Å². The summed E-state index contributed by atoms with van der Waals surface area (Å²) < 4.78 is 1.58. The van der Waals surface area contributed by atoms with E-state index in [-0.39, 0.29) is 5.56 Å². The van der Waals surface area contributed by atoms with Crippen LogP contribution in [0.25, 0.3) is 11.1 Å². The van der Waals surface area contributed by atoms with Crippen molar-refractivity contribution in [2.24, 2.45) is 7.05 Å². The summed E-state index contributed by atoms with van der Waals surface area (Å²) in [6.07, 6.45) is 10.8. The smallest absolute Gasteiger partial charge is 0.258 e. The Balaban J connectivity index is 1.17. The van der Waals surface area contributed by atoms with E-state index >= 15 is 0 Å². The molecule has 2 fully saturated rings. The predicted molar refractivity (Wildman–Crippen MR) is 115 cm³/mol. The number of anilines is 2. The summed E-state index contributed by atoms with van der Waals surface area (Å²) in [7, 11) is 1.75. The lowest BCUT2D eigenvalue weighted by Gasteiger charge is -2.15. The van der Waals surface area contributed by atoms with Crippen molar-refractivity contribution in [3.8, 4) is 11.1 Å². The van der Waals surface area contributed by atoms with Crippen LogP contribution in [0.2, 0.25) is 0 Å². The Morgan fingerprint density at radius 1 is 0.967 bits per heavy atom. The van der Waals surface area contributed by atoms with E-state index in [1.54, 1.807) is 24.0 Å². The third-order valence-corrected chi connectivity index (χ3v) is 5.89. The first-order valence-corrected chi connectivity index (χ1v) is 10.5. The van der Waals surface area contributed by atoms with E-state index in [0.717, 1.165) is 36.3 Å². The topological polar surface area (TPSA) is 97.6 Å². The molecular formula is C22H25N7O. The fourth-order valence-corrected chi connectivity index (χ4v) is 4.01. The van der Waals surface area contributed by atoms with Gasteiger partial charge in [-0.15, -0.1) is 10.2 Å².